The molecule has 0 spiro atoms. The zero-order chi connectivity index (χ0) is 26.0. The number of hydrogen-bond donors (Lipinski definition) is 3. The molecule has 36 heavy (non-hydrogen) atoms. The second-order valence-electron chi connectivity index (χ2n) is 8.81. The normalized spacial score (nSPS) is 18.3. The van der Waals surface area contributed by atoms with Crippen LogP contribution in [-0.4, -0.2) is 48.0 Å². The number of anilines is 1. The van der Waals surface area contributed by atoms with E-state index in [1.54, 1.807) is 18.9 Å². The number of alkyl halides is 3. The van der Waals surface area contributed by atoms with Gasteiger partial charge in [-0.05, 0) is 30.2 Å². The molecule has 4 rings (SSSR count). The molecule has 1 aliphatic rings. The molecule has 192 valence electrons. The number of nitrogens with two attached hydrogens (primary N) is 1. The Morgan fingerprint density at radius 1 is 1.11 bits per heavy atom. The number of rotatable bonds is 6. The first-order valence-corrected chi connectivity index (χ1v) is 11.5. The molecule has 0 saturated carbocycles. The summed E-state index contributed by atoms with van der Waals surface area (Å²) in [6.07, 6.45) is -4.54. The van der Waals surface area contributed by atoms with Crippen LogP contribution < -0.4 is 21.3 Å². The van der Waals surface area contributed by atoms with Crippen molar-refractivity contribution in [1.29, 1.82) is 0 Å². The summed E-state index contributed by atoms with van der Waals surface area (Å²) in [5.41, 5.74) is 7.77. The van der Waals surface area contributed by atoms with Gasteiger partial charge in [0.05, 0.1) is 17.3 Å². The Hall–Kier alpha value is -3.28. The lowest BCUT2D eigenvalue weighted by Gasteiger charge is -2.34. The Morgan fingerprint density at radius 3 is 2.39 bits per heavy atom. The molecule has 0 aliphatic carbocycles. The van der Waals surface area contributed by atoms with Gasteiger partial charge < -0.3 is 21.3 Å². The molecule has 0 amide bonds. The summed E-state index contributed by atoms with van der Waals surface area (Å²) in [5.74, 6) is -1.22. The first-order chi connectivity index (χ1) is 17.1. The lowest BCUT2D eigenvalue weighted by Crippen LogP contribution is -2.57. The van der Waals surface area contributed by atoms with Gasteiger partial charge in [0, 0.05) is 38.8 Å². The number of carbonyl (C=O) groups is 1. The highest BCUT2D eigenvalue weighted by molar-refractivity contribution is 5.97. The smallest absolute Gasteiger partial charge is 0.355 e. The van der Waals surface area contributed by atoms with Gasteiger partial charge in [-0.3, -0.25) is 4.79 Å². The van der Waals surface area contributed by atoms with Crippen molar-refractivity contribution in [2.24, 2.45) is 5.73 Å². The number of benzene rings is 2. The number of nitrogens with zero attached hydrogens (tertiary/aromatic N) is 3. The SMILES string of the molecule is Cc1c(C2NCCNC2C(F)(F)F)nn(C(=O)c2ccccc2F)c1N(C)Cc1ccc(CN)cc1. The molecule has 7 nitrogen and oxygen atoms in total. The molecule has 11 heteroatoms. The van der Waals surface area contributed by atoms with E-state index < -0.39 is 30.0 Å². The van der Waals surface area contributed by atoms with E-state index in [4.69, 9.17) is 5.73 Å². The van der Waals surface area contributed by atoms with Gasteiger partial charge in [0.1, 0.15) is 17.7 Å². The quantitative estimate of drug-likeness (QED) is 0.447. The molecule has 2 unspecified atom stereocenters. The van der Waals surface area contributed by atoms with Gasteiger partial charge in [-0.25, -0.2) is 4.39 Å². The maximum Gasteiger partial charge on any atom is 0.405 e. The number of aromatic nitrogens is 2. The first-order valence-electron chi connectivity index (χ1n) is 11.5. The second-order valence-corrected chi connectivity index (χ2v) is 8.81. The van der Waals surface area contributed by atoms with Crippen molar-refractivity contribution in [1.82, 2.24) is 20.4 Å². The Bertz CT molecular complexity index is 1220. The predicted molar refractivity (Wildman–Crippen MR) is 128 cm³/mol. The van der Waals surface area contributed by atoms with Crippen LogP contribution in [0.15, 0.2) is 48.5 Å². The summed E-state index contributed by atoms with van der Waals surface area (Å²) in [4.78, 5) is 15.1. The van der Waals surface area contributed by atoms with Crippen LogP contribution >= 0.6 is 0 Å². The van der Waals surface area contributed by atoms with Crippen LogP contribution in [0, 0.1) is 12.7 Å². The van der Waals surface area contributed by atoms with Crippen molar-refractivity contribution in [3.63, 3.8) is 0 Å². The maximum absolute atomic E-state index is 14.5. The van der Waals surface area contributed by atoms with E-state index in [1.165, 1.54) is 18.2 Å². The van der Waals surface area contributed by atoms with E-state index in [0.717, 1.165) is 21.9 Å². The Morgan fingerprint density at radius 2 is 1.75 bits per heavy atom. The third kappa shape index (κ3) is 5.13. The van der Waals surface area contributed by atoms with Crippen molar-refractivity contribution in [3.05, 3.63) is 82.3 Å². The molecule has 3 aromatic rings. The number of halogens is 4. The van der Waals surface area contributed by atoms with Crippen LogP contribution in [0.5, 0.6) is 0 Å². The monoisotopic (exact) mass is 504 g/mol. The zero-order valence-corrected chi connectivity index (χ0v) is 19.9. The van der Waals surface area contributed by atoms with Gasteiger partial charge in [-0.15, -0.1) is 0 Å². The van der Waals surface area contributed by atoms with E-state index in [9.17, 15) is 22.4 Å². The van der Waals surface area contributed by atoms with Crippen LogP contribution in [0.4, 0.5) is 23.4 Å². The van der Waals surface area contributed by atoms with Crippen LogP contribution in [0.2, 0.25) is 0 Å². The van der Waals surface area contributed by atoms with Crippen LogP contribution in [0.1, 0.15) is 38.8 Å². The lowest BCUT2D eigenvalue weighted by molar-refractivity contribution is -0.166. The van der Waals surface area contributed by atoms with Crippen molar-refractivity contribution in [2.45, 2.75) is 38.3 Å². The number of hydrogen-bond acceptors (Lipinski definition) is 6. The summed E-state index contributed by atoms with van der Waals surface area (Å²) >= 11 is 0. The standard InChI is InChI=1S/C25H28F4N6O/c1-15-20(21-22(25(27,28)29)32-12-11-31-21)33-35(24(36)18-5-3-4-6-19(18)26)23(15)34(2)14-17-9-7-16(13-30)8-10-17/h3-10,21-22,31-32H,11-14,30H2,1-2H3. The van der Waals surface area contributed by atoms with Gasteiger partial charge in [0.15, 0.2) is 0 Å². The number of carbonyl (C=O) groups excluding carboxylic acids is 1. The molecule has 1 aromatic heterocycles. The molecule has 1 aliphatic heterocycles. The van der Waals surface area contributed by atoms with E-state index in [-0.39, 0.29) is 23.6 Å². The minimum Gasteiger partial charge on any atom is -0.355 e. The summed E-state index contributed by atoms with van der Waals surface area (Å²) in [6, 6.07) is 9.88. The number of nitrogens with one attached hydrogen (secondary N) is 2. The third-order valence-corrected chi connectivity index (χ3v) is 6.30. The Balaban J connectivity index is 1.79. The van der Waals surface area contributed by atoms with Crippen molar-refractivity contribution in [2.75, 3.05) is 25.0 Å². The predicted octanol–water partition coefficient (Wildman–Crippen LogP) is 3.28. The zero-order valence-electron chi connectivity index (χ0n) is 19.9. The van der Waals surface area contributed by atoms with E-state index in [2.05, 4.69) is 15.7 Å². The Labute approximate surface area is 206 Å². The lowest BCUT2D eigenvalue weighted by atomic mass is 9.99. The fraction of sp³-hybridized carbons (Fsp3) is 0.360. The highest BCUT2D eigenvalue weighted by atomic mass is 19.4. The summed E-state index contributed by atoms with van der Waals surface area (Å²) in [7, 11) is 1.71. The van der Waals surface area contributed by atoms with E-state index in [0.29, 0.717) is 25.2 Å². The third-order valence-electron chi connectivity index (χ3n) is 6.30. The fourth-order valence-electron chi connectivity index (χ4n) is 4.52. The molecule has 0 bridgehead atoms. The largest absolute Gasteiger partial charge is 0.405 e. The summed E-state index contributed by atoms with van der Waals surface area (Å²) < 4.78 is 57.0. The molecule has 1 saturated heterocycles. The van der Waals surface area contributed by atoms with Crippen LogP contribution in [-0.2, 0) is 13.1 Å². The van der Waals surface area contributed by atoms with E-state index in [1.807, 2.05) is 24.3 Å². The number of piperazine rings is 1. The highest BCUT2D eigenvalue weighted by Gasteiger charge is 2.48. The van der Waals surface area contributed by atoms with Crippen molar-refractivity contribution in [3.8, 4) is 0 Å². The molecular formula is C25H28F4N6O. The average Bonchev–Trinajstić information content (AvgIpc) is 3.21. The molecule has 2 aromatic carbocycles. The molecular weight excluding hydrogens is 476 g/mol. The second kappa shape index (κ2) is 10.4. The van der Waals surface area contributed by atoms with Gasteiger partial charge in [0.25, 0.3) is 5.91 Å². The maximum atomic E-state index is 14.5. The topological polar surface area (TPSA) is 88.2 Å². The Kier molecular flexibility index (Phi) is 7.43. The van der Waals surface area contributed by atoms with E-state index >= 15 is 0 Å². The summed E-state index contributed by atoms with van der Waals surface area (Å²) in [6.45, 7) is 2.79. The summed E-state index contributed by atoms with van der Waals surface area (Å²) in [5, 5.41) is 9.74. The molecule has 2 heterocycles. The first kappa shape index (κ1) is 25.8. The van der Waals surface area contributed by atoms with Crippen molar-refractivity contribution < 1.29 is 22.4 Å². The molecule has 0 radical (unpaired) electrons. The fourth-order valence-corrected chi connectivity index (χ4v) is 4.52. The van der Waals surface area contributed by atoms with Crippen LogP contribution in [0.25, 0.3) is 0 Å². The molecule has 1 fully saturated rings. The minimum atomic E-state index is -4.54. The molecule has 2 atom stereocenters. The van der Waals surface area contributed by atoms with Gasteiger partial charge >= 0.3 is 6.18 Å². The van der Waals surface area contributed by atoms with Gasteiger partial charge in [-0.2, -0.15) is 23.0 Å². The van der Waals surface area contributed by atoms with Crippen molar-refractivity contribution >= 4 is 11.7 Å². The average molecular weight is 505 g/mol. The molecule has 4 N–H and O–H groups in total. The van der Waals surface area contributed by atoms with Gasteiger partial charge in [-0.1, -0.05) is 36.4 Å². The van der Waals surface area contributed by atoms with Crippen LogP contribution in [0.3, 0.4) is 0 Å². The minimum absolute atomic E-state index is 0.0783. The van der Waals surface area contributed by atoms with Gasteiger partial charge in [0.2, 0.25) is 0 Å². The highest BCUT2D eigenvalue weighted by Crippen LogP contribution is 2.36.